The van der Waals surface area contributed by atoms with Gasteiger partial charge in [-0.15, -0.1) is 0 Å². The van der Waals surface area contributed by atoms with Gasteiger partial charge in [-0.25, -0.2) is 0 Å². The van der Waals surface area contributed by atoms with Gasteiger partial charge in [0.1, 0.15) is 24.4 Å². The molecular formula is C17H21NO7. The van der Waals surface area contributed by atoms with Crippen molar-refractivity contribution in [3.8, 4) is 0 Å². The first-order chi connectivity index (χ1) is 11.9. The normalized spacial score (nSPS) is 39.4. The average Bonchev–Trinajstić information content (AvgIpc) is 2.91. The van der Waals surface area contributed by atoms with Gasteiger partial charge in [0.05, 0.1) is 6.61 Å². The molecule has 3 aliphatic heterocycles. The quantitative estimate of drug-likeness (QED) is 0.604. The predicted molar refractivity (Wildman–Crippen MR) is 84.4 cm³/mol. The number of rotatable bonds is 3. The number of hydrogen-bond donors (Lipinski definition) is 0. The van der Waals surface area contributed by atoms with Crippen molar-refractivity contribution >= 4 is 0 Å². The molecule has 0 radical (unpaired) electrons. The molecule has 0 saturated carbocycles. The molecule has 0 aliphatic carbocycles. The molecule has 3 aliphatic rings. The molecule has 8 nitrogen and oxygen atoms in total. The molecule has 6 atom stereocenters. The number of fused-ring (bicyclic) bond motifs is 3. The van der Waals surface area contributed by atoms with Gasteiger partial charge < -0.3 is 23.7 Å². The largest absolute Gasteiger partial charge is 0.360 e. The van der Waals surface area contributed by atoms with Gasteiger partial charge in [0.25, 0.3) is 0 Å². The van der Waals surface area contributed by atoms with Crippen LogP contribution < -0.4 is 0 Å². The van der Waals surface area contributed by atoms with Gasteiger partial charge in [0.15, 0.2) is 18.2 Å². The van der Waals surface area contributed by atoms with Crippen LogP contribution in [0, 0.1) is 10.1 Å². The summed E-state index contributed by atoms with van der Waals surface area (Å²) in [6.45, 7) is 3.52. The smallest absolute Gasteiger partial charge is 0.232 e. The molecule has 0 unspecified atom stereocenters. The van der Waals surface area contributed by atoms with E-state index in [2.05, 4.69) is 0 Å². The second kappa shape index (κ2) is 6.30. The molecule has 0 bridgehead atoms. The third-order valence-corrected chi connectivity index (χ3v) is 4.66. The second-order valence-electron chi connectivity index (χ2n) is 6.97. The number of nitro groups is 1. The Hall–Kier alpha value is -1.58. The van der Waals surface area contributed by atoms with E-state index in [-0.39, 0.29) is 13.2 Å². The van der Waals surface area contributed by atoms with E-state index in [4.69, 9.17) is 23.7 Å². The summed E-state index contributed by atoms with van der Waals surface area (Å²) >= 11 is 0. The van der Waals surface area contributed by atoms with Crippen LogP contribution in [0.25, 0.3) is 0 Å². The van der Waals surface area contributed by atoms with Crippen molar-refractivity contribution in [2.75, 3.05) is 13.2 Å². The first-order valence-electron chi connectivity index (χ1n) is 8.38. The fraction of sp³-hybridized carbons (Fsp3) is 0.647. The lowest BCUT2D eigenvalue weighted by Gasteiger charge is -2.45. The minimum absolute atomic E-state index is 0.283. The van der Waals surface area contributed by atoms with Crippen molar-refractivity contribution < 1.29 is 28.6 Å². The fourth-order valence-electron chi connectivity index (χ4n) is 3.69. The van der Waals surface area contributed by atoms with Crippen molar-refractivity contribution in [1.82, 2.24) is 0 Å². The van der Waals surface area contributed by atoms with Gasteiger partial charge in [-0.2, -0.15) is 0 Å². The van der Waals surface area contributed by atoms with E-state index in [0.717, 1.165) is 5.56 Å². The summed E-state index contributed by atoms with van der Waals surface area (Å²) in [5.74, 6) is -0.841. The van der Waals surface area contributed by atoms with Crippen LogP contribution in [-0.4, -0.2) is 54.4 Å². The Balaban J connectivity index is 1.57. The van der Waals surface area contributed by atoms with Gasteiger partial charge >= 0.3 is 0 Å². The lowest BCUT2D eigenvalue weighted by molar-refractivity contribution is -0.499. The van der Waals surface area contributed by atoms with Gasteiger partial charge in [-0.1, -0.05) is 30.3 Å². The third-order valence-electron chi connectivity index (χ3n) is 4.66. The van der Waals surface area contributed by atoms with Gasteiger partial charge in [0.2, 0.25) is 6.54 Å². The maximum Gasteiger partial charge on any atom is 0.232 e. The van der Waals surface area contributed by atoms with Gasteiger partial charge in [-0.05, 0) is 13.8 Å². The Morgan fingerprint density at radius 2 is 1.84 bits per heavy atom. The van der Waals surface area contributed by atoms with Crippen molar-refractivity contribution in [3.63, 3.8) is 0 Å². The maximum atomic E-state index is 11.0. The number of benzene rings is 1. The van der Waals surface area contributed by atoms with Crippen LogP contribution in [0.2, 0.25) is 0 Å². The lowest BCUT2D eigenvalue weighted by Crippen LogP contribution is -2.61. The first kappa shape index (κ1) is 16.9. The Kier molecular flexibility index (Phi) is 4.25. The summed E-state index contributed by atoms with van der Waals surface area (Å²) < 4.78 is 29.7. The molecule has 1 aromatic carbocycles. The van der Waals surface area contributed by atoms with E-state index in [9.17, 15) is 10.1 Å². The molecular weight excluding hydrogens is 330 g/mol. The maximum absolute atomic E-state index is 11.0. The summed E-state index contributed by atoms with van der Waals surface area (Å²) in [5, 5.41) is 11.0. The van der Waals surface area contributed by atoms with E-state index in [1.165, 1.54) is 0 Å². The molecule has 136 valence electrons. The number of nitrogens with zero attached hydrogens (tertiary/aromatic N) is 1. The first-order valence-corrected chi connectivity index (χ1v) is 8.38. The summed E-state index contributed by atoms with van der Waals surface area (Å²) in [6.07, 6.45) is -3.03. The van der Waals surface area contributed by atoms with Crippen LogP contribution in [0.15, 0.2) is 30.3 Å². The lowest BCUT2D eigenvalue weighted by atomic mass is 9.94. The highest BCUT2D eigenvalue weighted by Gasteiger charge is 2.58. The zero-order valence-corrected chi connectivity index (χ0v) is 14.1. The SMILES string of the molecule is CC1(C)O[C@@H]2[C@H](O1)[C@H](C[N+](=O)[O-])O[C@@H]1CO[C@@H](c3ccccc3)O[C@@H]21. The van der Waals surface area contributed by atoms with E-state index < -0.39 is 47.5 Å². The Labute approximate surface area is 145 Å². The van der Waals surface area contributed by atoms with Crippen LogP contribution in [0.3, 0.4) is 0 Å². The van der Waals surface area contributed by atoms with Crippen molar-refractivity contribution in [3.05, 3.63) is 46.0 Å². The van der Waals surface area contributed by atoms with E-state index in [0.29, 0.717) is 0 Å². The van der Waals surface area contributed by atoms with Crippen LogP contribution in [0.5, 0.6) is 0 Å². The Bertz CT molecular complexity index is 637. The molecule has 3 saturated heterocycles. The minimum atomic E-state index is -0.841. The zero-order chi connectivity index (χ0) is 17.6. The fourth-order valence-corrected chi connectivity index (χ4v) is 3.69. The summed E-state index contributed by atoms with van der Waals surface area (Å²) in [6, 6.07) is 9.61. The number of ether oxygens (including phenoxy) is 5. The molecule has 3 heterocycles. The second-order valence-corrected chi connectivity index (χ2v) is 6.97. The summed E-state index contributed by atoms with van der Waals surface area (Å²) in [5.41, 5.74) is 0.906. The van der Waals surface area contributed by atoms with Crippen LogP contribution in [0.1, 0.15) is 25.7 Å². The Morgan fingerprint density at radius 3 is 2.56 bits per heavy atom. The molecule has 4 rings (SSSR count). The molecule has 3 fully saturated rings. The molecule has 0 spiro atoms. The van der Waals surface area contributed by atoms with Crippen LogP contribution in [-0.2, 0) is 23.7 Å². The molecule has 8 heteroatoms. The molecule has 0 amide bonds. The average molecular weight is 351 g/mol. The molecule has 1 aromatic rings. The van der Waals surface area contributed by atoms with E-state index in [1.54, 1.807) is 13.8 Å². The van der Waals surface area contributed by atoms with Crippen molar-refractivity contribution in [2.45, 2.75) is 56.4 Å². The molecule has 0 aromatic heterocycles. The van der Waals surface area contributed by atoms with Gasteiger partial charge in [-0.3, -0.25) is 10.1 Å². The van der Waals surface area contributed by atoms with E-state index in [1.807, 2.05) is 30.3 Å². The van der Waals surface area contributed by atoms with Gasteiger partial charge in [0, 0.05) is 10.5 Å². The molecule has 25 heavy (non-hydrogen) atoms. The molecule has 0 N–H and O–H groups in total. The monoisotopic (exact) mass is 351 g/mol. The van der Waals surface area contributed by atoms with Crippen LogP contribution in [0.4, 0.5) is 0 Å². The highest BCUT2D eigenvalue weighted by molar-refractivity contribution is 5.17. The van der Waals surface area contributed by atoms with E-state index >= 15 is 0 Å². The summed E-state index contributed by atoms with van der Waals surface area (Å²) in [4.78, 5) is 10.6. The van der Waals surface area contributed by atoms with Crippen molar-refractivity contribution in [1.29, 1.82) is 0 Å². The standard InChI is InChI=1S/C17H21NO7/c1-17(2)24-14-11(8-18(19)20)22-12-9-21-16(10-6-4-3-5-7-10)23-13(12)15(14)25-17/h3-7,11-16H,8-9H2,1-2H3/t11-,12+,13+,14+,15-,16+/m0/s1. The summed E-state index contributed by atoms with van der Waals surface area (Å²) in [7, 11) is 0. The third kappa shape index (κ3) is 3.28. The van der Waals surface area contributed by atoms with Crippen LogP contribution >= 0.6 is 0 Å². The highest BCUT2D eigenvalue weighted by atomic mass is 16.8. The topological polar surface area (TPSA) is 89.3 Å². The number of hydrogen-bond acceptors (Lipinski definition) is 7. The highest BCUT2D eigenvalue weighted by Crippen LogP contribution is 2.42. The minimum Gasteiger partial charge on any atom is -0.360 e. The Morgan fingerprint density at radius 1 is 1.12 bits per heavy atom. The predicted octanol–water partition coefficient (Wildman–Crippen LogP) is 1.66. The zero-order valence-electron chi connectivity index (χ0n) is 14.1. The van der Waals surface area contributed by atoms with Crippen molar-refractivity contribution in [2.24, 2.45) is 0 Å².